The molecule has 0 radical (unpaired) electrons. The van der Waals surface area contributed by atoms with Crippen molar-refractivity contribution in [3.8, 4) is 17.6 Å². The molecule has 1 saturated carbocycles. The van der Waals surface area contributed by atoms with E-state index in [4.69, 9.17) is 4.74 Å². The Morgan fingerprint density at radius 2 is 2.03 bits per heavy atom. The number of halogens is 1. The van der Waals surface area contributed by atoms with E-state index in [1.54, 1.807) is 37.6 Å². The van der Waals surface area contributed by atoms with Crippen LogP contribution in [0.5, 0.6) is 5.75 Å². The largest absolute Gasteiger partial charge is 0.461 e. The summed E-state index contributed by atoms with van der Waals surface area (Å²) in [5.74, 6) is 7.61. The summed E-state index contributed by atoms with van der Waals surface area (Å²) in [5, 5.41) is 7.50. The zero-order chi connectivity index (χ0) is 20.2. The number of amides is 1. The quantitative estimate of drug-likeness (QED) is 0.650. The molecule has 3 heterocycles. The van der Waals surface area contributed by atoms with Crippen LogP contribution in [-0.2, 0) is 4.79 Å². The topological polar surface area (TPSA) is 89.0 Å². The van der Waals surface area contributed by atoms with E-state index in [9.17, 15) is 9.18 Å². The first-order valence-corrected chi connectivity index (χ1v) is 9.12. The van der Waals surface area contributed by atoms with Crippen LogP contribution in [0.15, 0.2) is 36.8 Å². The lowest BCUT2D eigenvalue weighted by molar-refractivity contribution is -0.117. The van der Waals surface area contributed by atoms with E-state index < -0.39 is 6.86 Å². The van der Waals surface area contributed by atoms with Crippen LogP contribution in [0.2, 0.25) is 0 Å². The Kier molecular flexibility index (Phi) is 5.20. The summed E-state index contributed by atoms with van der Waals surface area (Å²) in [6.07, 6.45) is 6.59. The predicted octanol–water partition coefficient (Wildman–Crippen LogP) is 3.12. The molecule has 146 valence electrons. The maximum atomic E-state index is 12.2. The lowest BCUT2D eigenvalue weighted by Gasteiger charge is -2.09. The Hall–Kier alpha value is -3.73. The molecule has 3 aromatic heterocycles. The third kappa shape index (κ3) is 4.24. The number of rotatable bonds is 5. The molecular formula is C21H18FN5O2. The molecule has 1 fully saturated rings. The summed E-state index contributed by atoms with van der Waals surface area (Å²) in [6, 6.07) is 5.05. The monoisotopic (exact) mass is 391 g/mol. The number of pyridine rings is 3. The second-order valence-corrected chi connectivity index (χ2v) is 6.53. The number of fused-ring (bicyclic) bond motifs is 1. The third-order valence-electron chi connectivity index (χ3n) is 4.49. The van der Waals surface area contributed by atoms with Crippen LogP contribution in [0.25, 0.3) is 10.8 Å². The molecule has 2 N–H and O–H groups in total. The Balaban J connectivity index is 1.68. The second kappa shape index (κ2) is 8.10. The minimum Gasteiger partial charge on any atom is -0.461 e. The highest BCUT2D eigenvalue weighted by Gasteiger charge is 2.29. The lowest BCUT2D eigenvalue weighted by Crippen LogP contribution is -2.14. The first-order chi connectivity index (χ1) is 14.2. The fraction of sp³-hybridized carbons (Fsp3) is 0.238. The zero-order valence-corrected chi connectivity index (χ0v) is 15.7. The summed E-state index contributed by atoms with van der Waals surface area (Å²) >= 11 is 0. The van der Waals surface area contributed by atoms with Gasteiger partial charge in [0.05, 0.1) is 11.8 Å². The van der Waals surface area contributed by atoms with Gasteiger partial charge in [0.2, 0.25) is 12.8 Å². The molecule has 0 spiro atoms. The molecule has 1 amide bonds. The number of hydrogen-bond acceptors (Lipinski definition) is 6. The Morgan fingerprint density at radius 1 is 1.17 bits per heavy atom. The van der Waals surface area contributed by atoms with Gasteiger partial charge in [-0.25, -0.2) is 19.3 Å². The maximum absolute atomic E-state index is 12.2. The van der Waals surface area contributed by atoms with E-state index in [-0.39, 0.29) is 11.8 Å². The van der Waals surface area contributed by atoms with Crippen molar-refractivity contribution in [2.75, 3.05) is 24.5 Å². The zero-order valence-electron chi connectivity index (χ0n) is 15.7. The lowest BCUT2D eigenvalue weighted by atomic mass is 10.1. The van der Waals surface area contributed by atoms with Gasteiger partial charge >= 0.3 is 0 Å². The molecule has 0 saturated heterocycles. The van der Waals surface area contributed by atoms with Crippen molar-refractivity contribution in [3.63, 3.8) is 0 Å². The molecule has 1 aliphatic rings. The van der Waals surface area contributed by atoms with Gasteiger partial charge in [0.25, 0.3) is 0 Å². The van der Waals surface area contributed by atoms with Crippen molar-refractivity contribution in [3.05, 3.63) is 48.0 Å². The number of ether oxygens (including phenoxy) is 1. The van der Waals surface area contributed by atoms with Gasteiger partial charge in [-0.05, 0) is 37.0 Å². The number of alkyl halides is 1. The molecule has 0 atom stereocenters. The van der Waals surface area contributed by atoms with Crippen molar-refractivity contribution in [2.45, 2.75) is 12.8 Å². The van der Waals surface area contributed by atoms with Gasteiger partial charge in [-0.15, -0.1) is 0 Å². The van der Waals surface area contributed by atoms with Crippen LogP contribution in [0.3, 0.4) is 0 Å². The summed E-state index contributed by atoms with van der Waals surface area (Å²) < 4.78 is 16.9. The summed E-state index contributed by atoms with van der Waals surface area (Å²) in [7, 11) is 1.78. The number of aromatic nitrogens is 3. The summed E-state index contributed by atoms with van der Waals surface area (Å²) in [6.45, 7) is -0.907. The SMILES string of the molecule is CNc1ncc(C#Cc2ccc(OCF)cn2)c2cc(NC(=O)C3CC3)ncc12. The first kappa shape index (κ1) is 18.6. The number of hydrogen-bond donors (Lipinski definition) is 2. The number of nitrogens with one attached hydrogen (secondary N) is 2. The minimum absolute atomic E-state index is 0.00725. The van der Waals surface area contributed by atoms with Crippen molar-refractivity contribution in [1.29, 1.82) is 0 Å². The number of nitrogens with zero attached hydrogens (tertiary/aromatic N) is 3. The molecular weight excluding hydrogens is 373 g/mol. The van der Waals surface area contributed by atoms with Gasteiger partial charge in [0, 0.05) is 36.1 Å². The van der Waals surface area contributed by atoms with E-state index in [1.807, 2.05) is 0 Å². The van der Waals surface area contributed by atoms with Gasteiger partial charge in [0.1, 0.15) is 23.1 Å². The number of carbonyl (C=O) groups is 1. The molecule has 0 unspecified atom stereocenters. The standard InChI is InChI=1S/C21H18FN5O2/c1-23-20-18-11-25-19(27-21(28)13-2-3-13)8-17(18)14(9-26-20)4-5-15-6-7-16(10-24-15)29-12-22/h6-11,13H,2-3,12H2,1H3,(H,23,26)(H,25,27,28). The number of anilines is 2. The molecule has 3 aromatic rings. The summed E-state index contributed by atoms with van der Waals surface area (Å²) in [5.41, 5.74) is 1.19. The Labute approximate surface area is 166 Å². The smallest absolute Gasteiger partial charge is 0.228 e. The molecule has 7 nitrogen and oxygen atoms in total. The van der Waals surface area contributed by atoms with E-state index in [1.165, 1.54) is 6.20 Å². The van der Waals surface area contributed by atoms with Crippen molar-refractivity contribution in [2.24, 2.45) is 5.92 Å². The average Bonchev–Trinajstić information content (AvgIpc) is 3.59. The predicted molar refractivity (Wildman–Crippen MR) is 107 cm³/mol. The van der Waals surface area contributed by atoms with Crippen LogP contribution >= 0.6 is 0 Å². The molecule has 0 aromatic carbocycles. The normalized spacial score (nSPS) is 12.8. The van der Waals surface area contributed by atoms with E-state index >= 15 is 0 Å². The van der Waals surface area contributed by atoms with Gasteiger partial charge in [0.15, 0.2) is 0 Å². The van der Waals surface area contributed by atoms with Gasteiger partial charge in [-0.1, -0.05) is 5.92 Å². The first-order valence-electron chi connectivity index (χ1n) is 9.12. The molecule has 0 bridgehead atoms. The highest BCUT2D eigenvalue weighted by atomic mass is 19.1. The Bertz CT molecular complexity index is 1120. The number of carbonyl (C=O) groups excluding carboxylic acids is 1. The van der Waals surface area contributed by atoms with Crippen LogP contribution in [0.4, 0.5) is 16.0 Å². The molecule has 4 rings (SSSR count). The summed E-state index contributed by atoms with van der Waals surface area (Å²) in [4.78, 5) is 24.9. The van der Waals surface area contributed by atoms with E-state index in [0.29, 0.717) is 28.6 Å². The molecule has 0 aliphatic heterocycles. The fourth-order valence-corrected chi connectivity index (χ4v) is 2.81. The van der Waals surface area contributed by atoms with Crippen LogP contribution in [0.1, 0.15) is 24.1 Å². The highest BCUT2D eigenvalue weighted by Crippen LogP contribution is 2.31. The Morgan fingerprint density at radius 3 is 2.72 bits per heavy atom. The van der Waals surface area contributed by atoms with Gasteiger partial charge in [-0.2, -0.15) is 0 Å². The maximum Gasteiger partial charge on any atom is 0.228 e. The fourth-order valence-electron chi connectivity index (χ4n) is 2.81. The third-order valence-corrected chi connectivity index (χ3v) is 4.49. The minimum atomic E-state index is -0.907. The van der Waals surface area contributed by atoms with Crippen molar-refractivity contribution in [1.82, 2.24) is 15.0 Å². The van der Waals surface area contributed by atoms with Crippen LogP contribution in [-0.4, -0.2) is 34.8 Å². The molecule has 1 aliphatic carbocycles. The molecule has 8 heteroatoms. The highest BCUT2D eigenvalue weighted by molar-refractivity contribution is 5.99. The molecule has 29 heavy (non-hydrogen) atoms. The average molecular weight is 391 g/mol. The van der Waals surface area contributed by atoms with Crippen LogP contribution < -0.4 is 15.4 Å². The van der Waals surface area contributed by atoms with E-state index in [0.717, 1.165) is 23.6 Å². The van der Waals surface area contributed by atoms with E-state index in [2.05, 4.69) is 37.4 Å². The van der Waals surface area contributed by atoms with Crippen molar-refractivity contribution < 1.29 is 13.9 Å². The van der Waals surface area contributed by atoms with Crippen molar-refractivity contribution >= 4 is 28.3 Å². The van der Waals surface area contributed by atoms with Gasteiger partial charge in [-0.3, -0.25) is 4.79 Å². The second-order valence-electron chi connectivity index (χ2n) is 6.53. The van der Waals surface area contributed by atoms with Gasteiger partial charge < -0.3 is 15.4 Å². The van der Waals surface area contributed by atoms with Crippen LogP contribution in [0, 0.1) is 17.8 Å².